The topological polar surface area (TPSA) is 85.7 Å². The second kappa shape index (κ2) is 6.83. The maximum atomic E-state index is 5.06. The summed E-state index contributed by atoms with van der Waals surface area (Å²) in [6, 6.07) is 2.03. The Balaban J connectivity index is 2.19. The summed E-state index contributed by atoms with van der Waals surface area (Å²) in [5.41, 5.74) is 0. The number of methoxy groups -OCH3 is 1. The maximum Gasteiger partial charge on any atom is 0.321 e. The molecule has 2 aromatic heterocycles. The zero-order valence-corrected chi connectivity index (χ0v) is 11.5. The zero-order chi connectivity index (χ0) is 13.5. The highest BCUT2D eigenvalue weighted by molar-refractivity contribution is 7.99. The van der Waals surface area contributed by atoms with Crippen LogP contribution < -0.4 is 10.1 Å². The summed E-state index contributed by atoms with van der Waals surface area (Å²) in [4.78, 5) is 20.8. The van der Waals surface area contributed by atoms with Crippen molar-refractivity contribution in [1.82, 2.24) is 24.9 Å². The predicted octanol–water partition coefficient (Wildman–Crippen LogP) is 1.64. The third kappa shape index (κ3) is 4.02. The first kappa shape index (κ1) is 13.5. The van der Waals surface area contributed by atoms with Crippen LogP contribution in [0, 0.1) is 0 Å². The maximum absolute atomic E-state index is 5.06. The van der Waals surface area contributed by atoms with Crippen LogP contribution in [0.15, 0.2) is 28.8 Å². The Labute approximate surface area is 115 Å². The number of rotatable bonds is 6. The molecule has 0 atom stereocenters. The van der Waals surface area contributed by atoms with Crippen molar-refractivity contribution in [1.29, 1.82) is 0 Å². The molecule has 0 saturated heterocycles. The first-order valence-corrected chi connectivity index (χ1v) is 6.62. The third-order valence-electron chi connectivity index (χ3n) is 2.03. The van der Waals surface area contributed by atoms with Crippen LogP contribution in [0.1, 0.15) is 13.3 Å². The van der Waals surface area contributed by atoms with Gasteiger partial charge in [-0.3, -0.25) is 0 Å². The van der Waals surface area contributed by atoms with Gasteiger partial charge in [-0.1, -0.05) is 6.92 Å². The number of nitrogens with zero attached hydrogens (tertiary/aromatic N) is 5. The highest BCUT2D eigenvalue weighted by Crippen LogP contribution is 2.22. The predicted molar refractivity (Wildman–Crippen MR) is 71.3 cm³/mol. The third-order valence-corrected chi connectivity index (χ3v) is 2.79. The van der Waals surface area contributed by atoms with E-state index in [-0.39, 0.29) is 6.01 Å². The summed E-state index contributed by atoms with van der Waals surface area (Å²) in [5, 5.41) is 4.18. The van der Waals surface area contributed by atoms with Gasteiger partial charge in [0.15, 0.2) is 5.16 Å². The van der Waals surface area contributed by atoms with Gasteiger partial charge in [-0.25, -0.2) is 9.97 Å². The van der Waals surface area contributed by atoms with E-state index in [0.29, 0.717) is 16.3 Å². The van der Waals surface area contributed by atoms with E-state index >= 15 is 0 Å². The highest BCUT2D eigenvalue weighted by atomic mass is 32.2. The van der Waals surface area contributed by atoms with E-state index in [4.69, 9.17) is 4.74 Å². The van der Waals surface area contributed by atoms with Gasteiger partial charge in [0.05, 0.1) is 7.11 Å². The fourth-order valence-electron chi connectivity index (χ4n) is 1.21. The molecule has 0 radical (unpaired) electrons. The van der Waals surface area contributed by atoms with Crippen LogP contribution >= 0.6 is 11.8 Å². The van der Waals surface area contributed by atoms with Crippen LogP contribution in [0.2, 0.25) is 0 Å². The van der Waals surface area contributed by atoms with E-state index < -0.39 is 0 Å². The van der Waals surface area contributed by atoms with E-state index in [0.717, 1.165) is 13.0 Å². The molecule has 0 fully saturated rings. The molecule has 7 nitrogen and oxygen atoms in total. The van der Waals surface area contributed by atoms with E-state index in [2.05, 4.69) is 37.2 Å². The molecule has 0 aliphatic heterocycles. The monoisotopic (exact) mass is 278 g/mol. The van der Waals surface area contributed by atoms with Crippen molar-refractivity contribution in [3.05, 3.63) is 18.5 Å². The SMILES string of the molecule is CCCNc1nc(OC)nc(Sc2ncccn2)n1. The number of hydrogen-bond donors (Lipinski definition) is 1. The summed E-state index contributed by atoms with van der Waals surface area (Å²) in [6.45, 7) is 2.86. The zero-order valence-electron chi connectivity index (χ0n) is 10.7. The van der Waals surface area contributed by atoms with Crippen LogP contribution in [0.4, 0.5) is 5.95 Å². The van der Waals surface area contributed by atoms with Crippen LogP contribution in [0.5, 0.6) is 6.01 Å². The summed E-state index contributed by atoms with van der Waals surface area (Å²) < 4.78 is 5.06. The lowest BCUT2D eigenvalue weighted by molar-refractivity contribution is 0.373. The summed E-state index contributed by atoms with van der Waals surface area (Å²) in [5.74, 6) is 0.493. The van der Waals surface area contributed by atoms with Gasteiger partial charge in [0, 0.05) is 18.9 Å². The van der Waals surface area contributed by atoms with Gasteiger partial charge < -0.3 is 10.1 Å². The fraction of sp³-hybridized carbons (Fsp3) is 0.364. The second-order valence-corrected chi connectivity index (χ2v) is 4.42. The smallest absolute Gasteiger partial charge is 0.321 e. The normalized spacial score (nSPS) is 10.2. The molecule has 0 bridgehead atoms. The molecule has 0 spiro atoms. The number of hydrogen-bond acceptors (Lipinski definition) is 8. The average Bonchev–Trinajstić information content (AvgIpc) is 2.46. The van der Waals surface area contributed by atoms with Crippen LogP contribution in [-0.4, -0.2) is 38.6 Å². The minimum atomic E-state index is 0.270. The highest BCUT2D eigenvalue weighted by Gasteiger charge is 2.09. The van der Waals surface area contributed by atoms with Gasteiger partial charge in [-0.2, -0.15) is 15.0 Å². The first-order valence-electron chi connectivity index (χ1n) is 5.80. The first-order chi connectivity index (χ1) is 9.31. The molecule has 0 saturated carbocycles. The Kier molecular flexibility index (Phi) is 4.85. The quantitative estimate of drug-likeness (QED) is 0.798. The Hall–Kier alpha value is -1.96. The van der Waals surface area contributed by atoms with Crippen LogP contribution in [-0.2, 0) is 0 Å². The van der Waals surface area contributed by atoms with Crippen LogP contribution in [0.25, 0.3) is 0 Å². The Bertz CT molecular complexity index is 524. The lowest BCUT2D eigenvalue weighted by Gasteiger charge is -2.06. The molecule has 100 valence electrons. The van der Waals surface area contributed by atoms with Gasteiger partial charge in [0.2, 0.25) is 11.1 Å². The van der Waals surface area contributed by atoms with Crippen molar-refractivity contribution in [2.75, 3.05) is 19.0 Å². The molecule has 0 unspecified atom stereocenters. The van der Waals surface area contributed by atoms with E-state index in [1.54, 1.807) is 18.5 Å². The minimum Gasteiger partial charge on any atom is -0.467 e. The Morgan fingerprint density at radius 1 is 1.16 bits per heavy atom. The fourth-order valence-corrected chi connectivity index (χ4v) is 1.86. The molecule has 19 heavy (non-hydrogen) atoms. The number of anilines is 1. The molecule has 8 heteroatoms. The van der Waals surface area contributed by atoms with E-state index in [9.17, 15) is 0 Å². The van der Waals surface area contributed by atoms with Crippen LogP contribution in [0.3, 0.4) is 0 Å². The lowest BCUT2D eigenvalue weighted by atomic mass is 10.5. The van der Waals surface area contributed by atoms with Crippen molar-refractivity contribution in [2.45, 2.75) is 23.7 Å². The van der Waals surface area contributed by atoms with Gasteiger partial charge in [-0.15, -0.1) is 0 Å². The van der Waals surface area contributed by atoms with Crippen molar-refractivity contribution in [3.63, 3.8) is 0 Å². The lowest BCUT2D eigenvalue weighted by Crippen LogP contribution is -2.07. The molecular weight excluding hydrogens is 264 g/mol. The summed E-state index contributed by atoms with van der Waals surface area (Å²) >= 11 is 1.26. The number of nitrogens with one attached hydrogen (secondary N) is 1. The molecule has 2 rings (SSSR count). The van der Waals surface area contributed by atoms with Gasteiger partial charge in [0.25, 0.3) is 0 Å². The molecule has 0 aromatic carbocycles. The Morgan fingerprint density at radius 3 is 2.63 bits per heavy atom. The standard InChI is InChI=1S/C11H14N6OS/c1-3-5-12-8-15-9(18-2)17-11(16-8)19-10-13-6-4-7-14-10/h4,6-7H,3,5H2,1-2H3,(H,12,15,16,17). The van der Waals surface area contributed by atoms with E-state index in [1.165, 1.54) is 18.9 Å². The van der Waals surface area contributed by atoms with Gasteiger partial charge in [-0.05, 0) is 24.2 Å². The summed E-state index contributed by atoms with van der Waals surface area (Å²) in [6.07, 6.45) is 4.33. The Morgan fingerprint density at radius 2 is 1.95 bits per heavy atom. The number of aromatic nitrogens is 5. The molecule has 1 N–H and O–H groups in total. The number of ether oxygens (including phenoxy) is 1. The van der Waals surface area contributed by atoms with E-state index in [1.807, 2.05) is 0 Å². The van der Waals surface area contributed by atoms with Crippen molar-refractivity contribution < 1.29 is 4.74 Å². The molecule has 0 amide bonds. The van der Waals surface area contributed by atoms with Crippen molar-refractivity contribution >= 4 is 17.7 Å². The largest absolute Gasteiger partial charge is 0.467 e. The summed E-state index contributed by atoms with van der Waals surface area (Å²) in [7, 11) is 1.52. The van der Waals surface area contributed by atoms with Gasteiger partial charge in [0.1, 0.15) is 0 Å². The minimum absolute atomic E-state index is 0.270. The molecule has 2 aromatic rings. The second-order valence-electron chi connectivity index (χ2n) is 3.49. The van der Waals surface area contributed by atoms with Crippen molar-refractivity contribution in [3.8, 4) is 6.01 Å². The van der Waals surface area contributed by atoms with Crippen molar-refractivity contribution in [2.24, 2.45) is 0 Å². The molecule has 2 heterocycles. The van der Waals surface area contributed by atoms with Gasteiger partial charge >= 0.3 is 6.01 Å². The average molecular weight is 278 g/mol. The molecular formula is C11H14N6OS. The molecule has 0 aliphatic rings. The molecule has 0 aliphatic carbocycles.